The van der Waals surface area contributed by atoms with Gasteiger partial charge in [-0.3, -0.25) is 0 Å². The van der Waals surface area contributed by atoms with Crippen LogP contribution in [-0.2, 0) is 12.6 Å². The zero-order chi connectivity index (χ0) is 14.6. The van der Waals surface area contributed by atoms with E-state index in [-0.39, 0.29) is 6.42 Å². The number of rotatable bonds is 4. The van der Waals surface area contributed by atoms with Crippen molar-refractivity contribution in [3.05, 3.63) is 35.4 Å². The first-order valence-corrected chi connectivity index (χ1v) is 5.54. The van der Waals surface area contributed by atoms with Crippen LogP contribution in [0.4, 0.5) is 18.0 Å². The summed E-state index contributed by atoms with van der Waals surface area (Å²) in [5.74, 6) is 0. The van der Waals surface area contributed by atoms with Crippen molar-refractivity contribution >= 4 is 6.09 Å². The lowest BCUT2D eigenvalue weighted by Crippen LogP contribution is -2.42. The highest BCUT2D eigenvalue weighted by molar-refractivity contribution is 5.65. The summed E-state index contributed by atoms with van der Waals surface area (Å²) in [5, 5.41) is 20.1. The first-order chi connectivity index (χ1) is 8.70. The van der Waals surface area contributed by atoms with Gasteiger partial charge >= 0.3 is 12.3 Å². The SMILES string of the molecule is C[C@H](O)[C@H](Cc1ccc(C(F)(F)F)cc1)NC(=O)O. The van der Waals surface area contributed by atoms with Gasteiger partial charge in [-0.1, -0.05) is 12.1 Å². The zero-order valence-electron chi connectivity index (χ0n) is 10.1. The molecular formula is C12H14F3NO3. The van der Waals surface area contributed by atoms with E-state index in [4.69, 9.17) is 5.11 Å². The summed E-state index contributed by atoms with van der Waals surface area (Å²) in [5.41, 5.74) is -0.260. The molecule has 2 atom stereocenters. The summed E-state index contributed by atoms with van der Waals surface area (Å²) >= 11 is 0. The molecule has 1 aromatic carbocycles. The van der Waals surface area contributed by atoms with Gasteiger partial charge in [0.1, 0.15) is 0 Å². The third-order valence-electron chi connectivity index (χ3n) is 2.63. The molecule has 0 saturated heterocycles. The molecule has 7 heteroatoms. The van der Waals surface area contributed by atoms with Gasteiger partial charge in [0.05, 0.1) is 17.7 Å². The Bertz CT molecular complexity index is 429. The Balaban J connectivity index is 2.78. The highest BCUT2D eigenvalue weighted by Gasteiger charge is 2.30. The van der Waals surface area contributed by atoms with Crippen LogP contribution in [0, 0.1) is 0 Å². The van der Waals surface area contributed by atoms with Gasteiger partial charge in [-0.05, 0) is 31.0 Å². The van der Waals surface area contributed by atoms with Crippen LogP contribution in [0.25, 0.3) is 0 Å². The topological polar surface area (TPSA) is 69.6 Å². The van der Waals surface area contributed by atoms with Gasteiger partial charge in [0.15, 0.2) is 0 Å². The summed E-state index contributed by atoms with van der Waals surface area (Å²) in [6.45, 7) is 1.41. The fourth-order valence-electron chi connectivity index (χ4n) is 1.58. The average Bonchev–Trinajstić information content (AvgIpc) is 2.27. The van der Waals surface area contributed by atoms with E-state index in [1.165, 1.54) is 19.1 Å². The van der Waals surface area contributed by atoms with Crippen molar-refractivity contribution in [2.75, 3.05) is 0 Å². The molecular weight excluding hydrogens is 263 g/mol. The maximum atomic E-state index is 12.4. The van der Waals surface area contributed by atoms with Gasteiger partial charge in [0.2, 0.25) is 0 Å². The van der Waals surface area contributed by atoms with Gasteiger partial charge in [-0.25, -0.2) is 4.79 Å². The molecule has 0 bridgehead atoms. The lowest BCUT2D eigenvalue weighted by Gasteiger charge is -2.20. The maximum Gasteiger partial charge on any atom is 0.416 e. The molecule has 0 fully saturated rings. The minimum atomic E-state index is -4.40. The molecule has 1 amide bonds. The minimum absolute atomic E-state index is 0.113. The Morgan fingerprint density at radius 2 is 1.84 bits per heavy atom. The number of alkyl halides is 3. The predicted octanol–water partition coefficient (Wildman–Crippen LogP) is 2.26. The minimum Gasteiger partial charge on any atom is -0.465 e. The lowest BCUT2D eigenvalue weighted by molar-refractivity contribution is -0.137. The third-order valence-corrected chi connectivity index (χ3v) is 2.63. The van der Waals surface area contributed by atoms with E-state index in [1.54, 1.807) is 0 Å². The number of hydrogen-bond acceptors (Lipinski definition) is 2. The van der Waals surface area contributed by atoms with E-state index in [2.05, 4.69) is 5.32 Å². The largest absolute Gasteiger partial charge is 0.465 e. The molecule has 0 aliphatic rings. The number of amides is 1. The molecule has 1 aromatic rings. The molecule has 106 valence electrons. The predicted molar refractivity (Wildman–Crippen MR) is 61.8 cm³/mol. The molecule has 0 radical (unpaired) electrons. The fourth-order valence-corrected chi connectivity index (χ4v) is 1.58. The second-order valence-electron chi connectivity index (χ2n) is 4.20. The van der Waals surface area contributed by atoms with Gasteiger partial charge in [0.25, 0.3) is 0 Å². The van der Waals surface area contributed by atoms with Crippen LogP contribution in [0.3, 0.4) is 0 Å². The normalized spacial score (nSPS) is 14.8. The van der Waals surface area contributed by atoms with Crippen LogP contribution in [0.1, 0.15) is 18.1 Å². The highest BCUT2D eigenvalue weighted by Crippen LogP contribution is 2.29. The van der Waals surface area contributed by atoms with E-state index < -0.39 is 30.0 Å². The number of halogens is 3. The summed E-state index contributed by atoms with van der Waals surface area (Å²) in [6, 6.07) is 3.61. The van der Waals surface area contributed by atoms with Gasteiger partial charge < -0.3 is 15.5 Å². The van der Waals surface area contributed by atoms with Gasteiger partial charge in [0, 0.05) is 0 Å². The Hall–Kier alpha value is -1.76. The van der Waals surface area contributed by atoms with Crippen LogP contribution >= 0.6 is 0 Å². The molecule has 3 N–H and O–H groups in total. The first-order valence-electron chi connectivity index (χ1n) is 5.54. The van der Waals surface area contributed by atoms with Crippen molar-refractivity contribution in [3.8, 4) is 0 Å². The second kappa shape index (κ2) is 5.92. The molecule has 19 heavy (non-hydrogen) atoms. The van der Waals surface area contributed by atoms with E-state index >= 15 is 0 Å². The van der Waals surface area contributed by atoms with Crippen LogP contribution in [0.15, 0.2) is 24.3 Å². The lowest BCUT2D eigenvalue weighted by atomic mass is 10.0. The second-order valence-corrected chi connectivity index (χ2v) is 4.20. The molecule has 0 aliphatic carbocycles. The molecule has 0 saturated carbocycles. The Labute approximate surface area is 107 Å². The maximum absolute atomic E-state index is 12.4. The first kappa shape index (κ1) is 15.3. The van der Waals surface area contributed by atoms with Crippen molar-refractivity contribution in [3.63, 3.8) is 0 Å². The number of carbonyl (C=O) groups is 1. The van der Waals surface area contributed by atoms with E-state index in [0.717, 1.165) is 12.1 Å². The van der Waals surface area contributed by atoms with Crippen molar-refractivity contribution in [1.29, 1.82) is 0 Å². The van der Waals surface area contributed by atoms with Crippen molar-refractivity contribution in [1.82, 2.24) is 5.32 Å². The van der Waals surface area contributed by atoms with E-state index in [9.17, 15) is 23.1 Å². The number of benzene rings is 1. The molecule has 0 aromatic heterocycles. The summed E-state index contributed by atoms with van der Waals surface area (Å²) < 4.78 is 37.1. The standard InChI is InChI=1S/C12H14F3NO3/c1-7(17)10(16-11(18)19)6-8-2-4-9(5-3-8)12(13,14)15/h2-5,7,10,16-17H,6H2,1H3,(H,18,19)/t7-,10-/m0/s1. The van der Waals surface area contributed by atoms with E-state index in [0.29, 0.717) is 5.56 Å². The molecule has 4 nitrogen and oxygen atoms in total. The fraction of sp³-hybridized carbons (Fsp3) is 0.417. The summed E-state index contributed by atoms with van der Waals surface area (Å²) in [7, 11) is 0. The Morgan fingerprint density at radius 3 is 2.21 bits per heavy atom. The zero-order valence-corrected chi connectivity index (χ0v) is 10.1. The quantitative estimate of drug-likeness (QED) is 0.790. The smallest absolute Gasteiger partial charge is 0.416 e. The van der Waals surface area contributed by atoms with Gasteiger partial charge in [-0.15, -0.1) is 0 Å². The van der Waals surface area contributed by atoms with E-state index in [1.807, 2.05) is 0 Å². The molecule has 0 aliphatic heterocycles. The number of nitrogens with one attached hydrogen (secondary N) is 1. The summed E-state index contributed by atoms with van der Waals surface area (Å²) in [6.07, 6.45) is -6.53. The monoisotopic (exact) mass is 277 g/mol. The highest BCUT2D eigenvalue weighted by atomic mass is 19.4. The number of hydrogen-bond donors (Lipinski definition) is 3. The van der Waals surface area contributed by atoms with Crippen molar-refractivity contribution in [2.45, 2.75) is 31.7 Å². The van der Waals surface area contributed by atoms with Crippen LogP contribution in [-0.4, -0.2) is 28.5 Å². The Kier molecular flexibility index (Phi) is 4.77. The van der Waals surface area contributed by atoms with Gasteiger partial charge in [-0.2, -0.15) is 13.2 Å². The number of aliphatic hydroxyl groups is 1. The summed E-state index contributed by atoms with van der Waals surface area (Å²) in [4.78, 5) is 10.5. The van der Waals surface area contributed by atoms with Crippen molar-refractivity contribution < 1.29 is 28.2 Å². The van der Waals surface area contributed by atoms with Crippen LogP contribution in [0.2, 0.25) is 0 Å². The number of aliphatic hydroxyl groups excluding tert-OH is 1. The van der Waals surface area contributed by atoms with Crippen molar-refractivity contribution in [2.24, 2.45) is 0 Å². The average molecular weight is 277 g/mol. The van der Waals surface area contributed by atoms with Crippen LogP contribution in [0.5, 0.6) is 0 Å². The number of carboxylic acid groups (broad SMARTS) is 1. The Morgan fingerprint density at radius 1 is 1.32 bits per heavy atom. The molecule has 0 heterocycles. The molecule has 1 rings (SSSR count). The van der Waals surface area contributed by atoms with Crippen LogP contribution < -0.4 is 5.32 Å². The molecule has 0 unspecified atom stereocenters. The third kappa shape index (κ3) is 4.78. The molecule has 0 spiro atoms.